The molecular formula is C11H18ClN5. The second-order valence-corrected chi connectivity index (χ2v) is 4.83. The minimum atomic E-state index is 0.218. The van der Waals surface area contributed by atoms with Gasteiger partial charge in [-0.25, -0.2) is 4.98 Å². The summed E-state index contributed by atoms with van der Waals surface area (Å²) in [4.78, 5) is 10.4. The highest BCUT2D eigenvalue weighted by atomic mass is 35.5. The van der Waals surface area contributed by atoms with Gasteiger partial charge in [0, 0.05) is 12.6 Å². The molecule has 1 aliphatic rings. The molecule has 1 fully saturated rings. The standard InChI is InChI=1S/C11H18ClN5/c1-8(7-17-4-2-3-5-17)15-10-9(13)6-14-11(12)16-10/h6,8H,2-5,7,13H2,1H3,(H,14,15,16). The predicted molar refractivity (Wildman–Crippen MR) is 70.2 cm³/mol. The number of nitrogen functional groups attached to an aromatic ring is 1. The maximum Gasteiger partial charge on any atom is 0.224 e. The Morgan fingerprint density at radius 2 is 2.24 bits per heavy atom. The number of halogens is 1. The van der Waals surface area contributed by atoms with Crippen LogP contribution in [0.5, 0.6) is 0 Å². The smallest absolute Gasteiger partial charge is 0.224 e. The Morgan fingerprint density at radius 1 is 1.53 bits per heavy atom. The fourth-order valence-electron chi connectivity index (χ4n) is 2.12. The summed E-state index contributed by atoms with van der Waals surface area (Å²) in [5.74, 6) is 0.622. The largest absolute Gasteiger partial charge is 0.394 e. The van der Waals surface area contributed by atoms with Crippen molar-refractivity contribution in [2.75, 3.05) is 30.7 Å². The van der Waals surface area contributed by atoms with Crippen molar-refractivity contribution in [3.63, 3.8) is 0 Å². The lowest BCUT2D eigenvalue weighted by atomic mass is 10.3. The summed E-state index contributed by atoms with van der Waals surface area (Å²) in [5, 5.41) is 3.49. The molecule has 2 heterocycles. The van der Waals surface area contributed by atoms with Crippen molar-refractivity contribution in [2.24, 2.45) is 0 Å². The molecular weight excluding hydrogens is 238 g/mol. The van der Waals surface area contributed by atoms with E-state index in [-0.39, 0.29) is 5.28 Å². The van der Waals surface area contributed by atoms with Gasteiger partial charge in [-0.1, -0.05) is 0 Å². The van der Waals surface area contributed by atoms with E-state index in [1.165, 1.54) is 32.1 Å². The first kappa shape index (κ1) is 12.4. The molecule has 0 spiro atoms. The molecule has 1 aliphatic heterocycles. The molecule has 0 radical (unpaired) electrons. The van der Waals surface area contributed by atoms with Crippen LogP contribution in [0, 0.1) is 0 Å². The first-order chi connectivity index (χ1) is 8.15. The van der Waals surface area contributed by atoms with Crippen molar-refractivity contribution in [1.82, 2.24) is 14.9 Å². The number of hydrogen-bond donors (Lipinski definition) is 2. The van der Waals surface area contributed by atoms with Crippen molar-refractivity contribution in [3.8, 4) is 0 Å². The van der Waals surface area contributed by atoms with Gasteiger partial charge in [0.25, 0.3) is 0 Å². The molecule has 0 saturated carbocycles. The lowest BCUT2D eigenvalue weighted by molar-refractivity contribution is 0.327. The van der Waals surface area contributed by atoms with E-state index in [9.17, 15) is 0 Å². The van der Waals surface area contributed by atoms with Gasteiger partial charge in [0.15, 0.2) is 5.82 Å². The van der Waals surface area contributed by atoms with Crippen LogP contribution in [0.4, 0.5) is 11.5 Å². The molecule has 2 rings (SSSR count). The minimum Gasteiger partial charge on any atom is -0.394 e. The topological polar surface area (TPSA) is 67.1 Å². The quantitative estimate of drug-likeness (QED) is 0.800. The first-order valence-electron chi connectivity index (χ1n) is 5.92. The number of anilines is 2. The SMILES string of the molecule is CC(CN1CCCC1)Nc1nc(Cl)ncc1N. The second-order valence-electron chi connectivity index (χ2n) is 4.50. The van der Waals surface area contributed by atoms with E-state index in [0.29, 0.717) is 17.5 Å². The summed E-state index contributed by atoms with van der Waals surface area (Å²) in [6, 6.07) is 0.293. The molecule has 0 bridgehead atoms. The van der Waals surface area contributed by atoms with Gasteiger partial charge >= 0.3 is 0 Å². The lowest BCUT2D eigenvalue weighted by Gasteiger charge is -2.22. The summed E-state index contributed by atoms with van der Waals surface area (Å²) in [6.45, 7) is 5.49. The van der Waals surface area contributed by atoms with E-state index < -0.39 is 0 Å². The van der Waals surface area contributed by atoms with E-state index in [0.717, 1.165) is 6.54 Å². The van der Waals surface area contributed by atoms with Gasteiger partial charge in [0.05, 0.1) is 11.9 Å². The molecule has 1 atom stereocenters. The predicted octanol–water partition coefficient (Wildman–Crippen LogP) is 1.61. The number of likely N-dealkylation sites (tertiary alicyclic amines) is 1. The van der Waals surface area contributed by atoms with Gasteiger partial charge < -0.3 is 16.0 Å². The third-order valence-electron chi connectivity index (χ3n) is 2.90. The summed E-state index contributed by atoms with van der Waals surface area (Å²) in [6.07, 6.45) is 4.13. The fraction of sp³-hybridized carbons (Fsp3) is 0.636. The molecule has 17 heavy (non-hydrogen) atoms. The second kappa shape index (κ2) is 5.51. The average Bonchev–Trinajstić information content (AvgIpc) is 2.76. The Balaban J connectivity index is 1.92. The highest BCUT2D eigenvalue weighted by molar-refractivity contribution is 6.28. The van der Waals surface area contributed by atoms with E-state index in [1.54, 1.807) is 0 Å². The molecule has 6 heteroatoms. The van der Waals surface area contributed by atoms with Crippen LogP contribution in [0.25, 0.3) is 0 Å². The number of aromatic nitrogens is 2. The molecule has 1 aromatic heterocycles. The molecule has 1 aromatic rings. The van der Waals surface area contributed by atoms with Crippen LogP contribution in [-0.4, -0.2) is 40.5 Å². The Morgan fingerprint density at radius 3 is 2.94 bits per heavy atom. The van der Waals surface area contributed by atoms with Crippen LogP contribution in [-0.2, 0) is 0 Å². The summed E-state index contributed by atoms with van der Waals surface area (Å²) >= 11 is 5.74. The zero-order valence-electron chi connectivity index (χ0n) is 9.99. The monoisotopic (exact) mass is 255 g/mol. The van der Waals surface area contributed by atoms with Gasteiger partial charge in [-0.2, -0.15) is 4.98 Å². The number of nitrogens with two attached hydrogens (primary N) is 1. The third kappa shape index (κ3) is 3.44. The van der Waals surface area contributed by atoms with Crippen molar-refractivity contribution in [3.05, 3.63) is 11.5 Å². The summed E-state index contributed by atoms with van der Waals surface area (Å²) in [5.41, 5.74) is 6.32. The maximum absolute atomic E-state index is 5.79. The van der Waals surface area contributed by atoms with Crippen LogP contribution in [0.1, 0.15) is 19.8 Å². The van der Waals surface area contributed by atoms with E-state index in [4.69, 9.17) is 17.3 Å². The number of nitrogens with zero attached hydrogens (tertiary/aromatic N) is 3. The molecule has 0 aliphatic carbocycles. The number of rotatable bonds is 4. The van der Waals surface area contributed by atoms with Gasteiger partial charge in [0.2, 0.25) is 5.28 Å². The van der Waals surface area contributed by atoms with Gasteiger partial charge in [-0.15, -0.1) is 0 Å². The van der Waals surface area contributed by atoms with Crippen LogP contribution in [0.2, 0.25) is 5.28 Å². The number of nitrogens with one attached hydrogen (secondary N) is 1. The Kier molecular flexibility index (Phi) is 4.02. The molecule has 1 saturated heterocycles. The first-order valence-corrected chi connectivity index (χ1v) is 6.30. The Bertz CT molecular complexity index is 378. The zero-order valence-corrected chi connectivity index (χ0v) is 10.7. The summed E-state index contributed by atoms with van der Waals surface area (Å²) in [7, 11) is 0. The Labute approximate surface area is 106 Å². The van der Waals surface area contributed by atoms with Gasteiger partial charge in [-0.05, 0) is 44.5 Å². The summed E-state index contributed by atoms with van der Waals surface area (Å²) < 4.78 is 0. The highest BCUT2D eigenvalue weighted by Gasteiger charge is 2.15. The average molecular weight is 256 g/mol. The van der Waals surface area contributed by atoms with Crippen molar-refractivity contribution >= 4 is 23.1 Å². The molecule has 0 aromatic carbocycles. The van der Waals surface area contributed by atoms with Crippen molar-refractivity contribution < 1.29 is 0 Å². The molecule has 0 amide bonds. The molecule has 94 valence electrons. The minimum absolute atomic E-state index is 0.218. The maximum atomic E-state index is 5.79. The highest BCUT2D eigenvalue weighted by Crippen LogP contribution is 2.17. The van der Waals surface area contributed by atoms with E-state index in [2.05, 4.69) is 27.1 Å². The third-order valence-corrected chi connectivity index (χ3v) is 3.08. The van der Waals surface area contributed by atoms with Crippen molar-refractivity contribution in [2.45, 2.75) is 25.8 Å². The van der Waals surface area contributed by atoms with Gasteiger partial charge in [-0.3, -0.25) is 0 Å². The zero-order chi connectivity index (χ0) is 12.3. The van der Waals surface area contributed by atoms with Gasteiger partial charge in [0.1, 0.15) is 0 Å². The van der Waals surface area contributed by atoms with Crippen LogP contribution < -0.4 is 11.1 Å². The van der Waals surface area contributed by atoms with E-state index >= 15 is 0 Å². The van der Waals surface area contributed by atoms with Crippen LogP contribution in [0.3, 0.4) is 0 Å². The van der Waals surface area contributed by atoms with E-state index in [1.807, 2.05) is 0 Å². The van der Waals surface area contributed by atoms with Crippen LogP contribution >= 0.6 is 11.6 Å². The molecule has 3 N–H and O–H groups in total. The number of hydrogen-bond acceptors (Lipinski definition) is 5. The lowest BCUT2D eigenvalue weighted by Crippen LogP contribution is -2.33. The molecule has 5 nitrogen and oxygen atoms in total. The normalized spacial score (nSPS) is 18.2. The Hall–Kier alpha value is -1.07. The molecule has 1 unspecified atom stereocenters. The fourth-order valence-corrected chi connectivity index (χ4v) is 2.25. The van der Waals surface area contributed by atoms with Crippen LogP contribution in [0.15, 0.2) is 6.20 Å². The van der Waals surface area contributed by atoms with Crippen molar-refractivity contribution in [1.29, 1.82) is 0 Å².